The average Bonchev–Trinajstić information content (AvgIpc) is 3.15. The molecule has 2 aromatic carbocycles. The van der Waals surface area contributed by atoms with Crippen molar-refractivity contribution < 1.29 is 28.9 Å². The number of benzene rings is 2. The molecule has 2 aliphatic rings. The van der Waals surface area contributed by atoms with Gasteiger partial charge in [-0.1, -0.05) is 0 Å². The Morgan fingerprint density at radius 3 is 2.44 bits per heavy atom. The van der Waals surface area contributed by atoms with Crippen molar-refractivity contribution in [2.24, 2.45) is 0 Å². The quantitative estimate of drug-likeness (QED) is 0.352. The summed E-state index contributed by atoms with van der Waals surface area (Å²) in [5.74, 6) is -0.113. The molecule has 34 heavy (non-hydrogen) atoms. The average molecular weight is 458 g/mol. The number of carbonyl (C=O) groups is 2. The number of aliphatic hydroxyl groups excluding tert-OH is 1. The van der Waals surface area contributed by atoms with Crippen molar-refractivity contribution in [3.05, 3.63) is 83.7 Å². The summed E-state index contributed by atoms with van der Waals surface area (Å²) in [5.41, 5.74) is 1.49. The van der Waals surface area contributed by atoms with Crippen LogP contribution in [0.4, 0.5) is 5.69 Å². The van der Waals surface area contributed by atoms with Crippen LogP contribution in [-0.4, -0.2) is 41.6 Å². The summed E-state index contributed by atoms with van der Waals surface area (Å²) in [6.07, 6.45) is 3.16. The zero-order valence-corrected chi connectivity index (χ0v) is 18.4. The highest BCUT2D eigenvalue weighted by molar-refractivity contribution is 6.51. The van der Waals surface area contributed by atoms with Crippen molar-refractivity contribution in [2.75, 3.05) is 24.7 Å². The van der Waals surface area contributed by atoms with Crippen molar-refractivity contribution in [1.82, 2.24) is 4.98 Å². The van der Waals surface area contributed by atoms with Crippen LogP contribution in [-0.2, 0) is 9.59 Å². The first-order chi connectivity index (χ1) is 16.6. The number of pyridine rings is 1. The van der Waals surface area contributed by atoms with Crippen molar-refractivity contribution in [2.45, 2.75) is 13.0 Å². The zero-order chi connectivity index (χ0) is 23.7. The van der Waals surface area contributed by atoms with Crippen LogP contribution >= 0.6 is 0 Å². The van der Waals surface area contributed by atoms with E-state index in [4.69, 9.17) is 14.2 Å². The molecule has 1 atom stereocenters. The summed E-state index contributed by atoms with van der Waals surface area (Å²) >= 11 is 0. The van der Waals surface area contributed by atoms with Gasteiger partial charge in [-0.2, -0.15) is 0 Å². The lowest BCUT2D eigenvalue weighted by Gasteiger charge is -2.25. The van der Waals surface area contributed by atoms with Gasteiger partial charge in [-0.3, -0.25) is 19.5 Å². The van der Waals surface area contributed by atoms with Gasteiger partial charge in [0.05, 0.1) is 18.2 Å². The highest BCUT2D eigenvalue weighted by Gasteiger charge is 2.47. The number of ether oxygens (including phenoxy) is 3. The third-order valence-corrected chi connectivity index (χ3v) is 5.71. The fourth-order valence-electron chi connectivity index (χ4n) is 4.18. The molecule has 0 spiro atoms. The Morgan fingerprint density at radius 1 is 1.03 bits per heavy atom. The molecular weight excluding hydrogens is 436 g/mol. The van der Waals surface area contributed by atoms with Crippen LogP contribution in [0.1, 0.15) is 24.1 Å². The maximum atomic E-state index is 13.2. The number of nitrogens with zero attached hydrogens (tertiary/aromatic N) is 2. The minimum Gasteiger partial charge on any atom is -0.507 e. The summed E-state index contributed by atoms with van der Waals surface area (Å²) < 4.78 is 16.7. The highest BCUT2D eigenvalue weighted by Crippen LogP contribution is 2.43. The van der Waals surface area contributed by atoms with Gasteiger partial charge in [0.2, 0.25) is 0 Å². The predicted molar refractivity (Wildman–Crippen MR) is 124 cm³/mol. The second-order valence-electron chi connectivity index (χ2n) is 7.73. The first-order valence-corrected chi connectivity index (χ1v) is 10.9. The Labute approximate surface area is 196 Å². The van der Waals surface area contributed by atoms with Crippen LogP contribution < -0.4 is 19.1 Å². The van der Waals surface area contributed by atoms with Gasteiger partial charge in [0.25, 0.3) is 11.7 Å². The number of Topliss-reactive ketones (excluding diaryl/α,β-unsaturated/α-hetero) is 1. The lowest BCUT2D eigenvalue weighted by atomic mass is 9.95. The SMILES string of the molecule is CCOc1ccc(N2C(=O)C(=O)/C(=C(\O)c3ccc4c(c3)OCCO4)C2c2ccncc2)cc1. The van der Waals surface area contributed by atoms with Crippen molar-refractivity contribution in [3.63, 3.8) is 0 Å². The van der Waals surface area contributed by atoms with Crippen molar-refractivity contribution >= 4 is 23.1 Å². The molecule has 2 aliphatic heterocycles. The monoisotopic (exact) mass is 458 g/mol. The van der Waals surface area contributed by atoms with Gasteiger partial charge in [0, 0.05) is 23.6 Å². The molecule has 3 aromatic rings. The topological polar surface area (TPSA) is 98.2 Å². The van der Waals surface area contributed by atoms with E-state index in [1.54, 1.807) is 67.0 Å². The van der Waals surface area contributed by atoms with Gasteiger partial charge < -0.3 is 19.3 Å². The molecule has 172 valence electrons. The summed E-state index contributed by atoms with van der Waals surface area (Å²) in [5, 5.41) is 11.3. The van der Waals surface area contributed by atoms with Crippen molar-refractivity contribution in [1.29, 1.82) is 0 Å². The second kappa shape index (κ2) is 8.90. The van der Waals surface area contributed by atoms with E-state index >= 15 is 0 Å². The minimum atomic E-state index is -0.839. The number of carbonyl (C=O) groups excluding carboxylic acids is 2. The molecule has 0 aliphatic carbocycles. The summed E-state index contributed by atoms with van der Waals surface area (Å²) in [4.78, 5) is 31.9. The fourth-order valence-corrected chi connectivity index (χ4v) is 4.18. The number of amides is 1. The van der Waals surface area contributed by atoms with Gasteiger partial charge in [-0.15, -0.1) is 0 Å². The molecule has 1 aromatic heterocycles. The zero-order valence-electron chi connectivity index (χ0n) is 18.4. The maximum absolute atomic E-state index is 13.2. The third kappa shape index (κ3) is 3.73. The molecule has 1 unspecified atom stereocenters. The highest BCUT2D eigenvalue weighted by atomic mass is 16.6. The Hall–Kier alpha value is -4.33. The number of aliphatic hydroxyl groups is 1. The number of fused-ring (bicyclic) bond motifs is 1. The second-order valence-corrected chi connectivity index (χ2v) is 7.73. The first kappa shape index (κ1) is 21.5. The molecule has 8 heteroatoms. The van der Waals surface area contributed by atoms with Crippen molar-refractivity contribution in [3.8, 4) is 17.2 Å². The van der Waals surface area contributed by atoms with E-state index in [0.29, 0.717) is 53.9 Å². The van der Waals surface area contributed by atoms with Gasteiger partial charge in [0.1, 0.15) is 24.7 Å². The van der Waals surface area contributed by atoms with E-state index in [2.05, 4.69) is 4.98 Å². The van der Waals surface area contributed by atoms with Crippen LogP contribution in [0.3, 0.4) is 0 Å². The molecule has 1 fully saturated rings. The van der Waals surface area contributed by atoms with Gasteiger partial charge in [-0.25, -0.2) is 0 Å². The van der Waals surface area contributed by atoms with E-state index in [1.165, 1.54) is 4.90 Å². The van der Waals surface area contributed by atoms with Crippen LogP contribution in [0.5, 0.6) is 17.2 Å². The molecule has 3 heterocycles. The van der Waals surface area contributed by atoms with E-state index in [9.17, 15) is 14.7 Å². The molecule has 1 N–H and O–H groups in total. The van der Waals surface area contributed by atoms with Crippen LogP contribution in [0, 0.1) is 0 Å². The summed E-state index contributed by atoms with van der Waals surface area (Å²) in [7, 11) is 0. The fraction of sp³-hybridized carbons (Fsp3) is 0.192. The number of ketones is 1. The molecule has 8 nitrogen and oxygen atoms in total. The lowest BCUT2D eigenvalue weighted by molar-refractivity contribution is -0.132. The smallest absolute Gasteiger partial charge is 0.300 e. The largest absolute Gasteiger partial charge is 0.507 e. The molecular formula is C26H22N2O6. The molecule has 5 rings (SSSR count). The minimum absolute atomic E-state index is 0.0123. The van der Waals surface area contributed by atoms with Crippen LogP contribution in [0.25, 0.3) is 5.76 Å². The molecule has 1 saturated heterocycles. The summed E-state index contributed by atoms with van der Waals surface area (Å²) in [6, 6.07) is 14.4. The number of aromatic nitrogens is 1. The number of hydrogen-bond acceptors (Lipinski definition) is 7. The number of hydrogen-bond donors (Lipinski definition) is 1. The maximum Gasteiger partial charge on any atom is 0.300 e. The van der Waals surface area contributed by atoms with E-state index < -0.39 is 17.7 Å². The standard InChI is InChI=1S/C26H22N2O6/c1-2-32-19-6-4-18(5-7-19)28-23(16-9-11-27-12-10-16)22(25(30)26(28)31)24(29)17-3-8-20-21(15-17)34-14-13-33-20/h3-12,15,23,29H,2,13-14H2,1H3/b24-22-. The Morgan fingerprint density at radius 2 is 1.74 bits per heavy atom. The normalized spacial score (nSPS) is 18.7. The van der Waals surface area contributed by atoms with Crippen LogP contribution in [0.15, 0.2) is 72.6 Å². The molecule has 0 saturated carbocycles. The Kier molecular flexibility index (Phi) is 5.63. The lowest BCUT2D eigenvalue weighted by Crippen LogP contribution is -2.29. The van der Waals surface area contributed by atoms with Gasteiger partial charge >= 0.3 is 0 Å². The summed E-state index contributed by atoms with van der Waals surface area (Å²) in [6.45, 7) is 3.22. The molecule has 0 bridgehead atoms. The predicted octanol–water partition coefficient (Wildman–Crippen LogP) is 3.88. The van der Waals surface area contributed by atoms with Crippen LogP contribution in [0.2, 0.25) is 0 Å². The number of anilines is 1. The Bertz CT molecular complexity index is 1270. The number of rotatable bonds is 5. The van der Waals surface area contributed by atoms with Gasteiger partial charge in [-0.05, 0) is 67.1 Å². The van der Waals surface area contributed by atoms with E-state index in [1.807, 2.05) is 6.92 Å². The third-order valence-electron chi connectivity index (χ3n) is 5.71. The molecule has 1 amide bonds. The molecule has 0 radical (unpaired) electrons. The Balaban J connectivity index is 1.64. The van der Waals surface area contributed by atoms with Gasteiger partial charge in [0.15, 0.2) is 11.5 Å². The van der Waals surface area contributed by atoms with E-state index in [0.717, 1.165) is 0 Å². The first-order valence-electron chi connectivity index (χ1n) is 10.9. The van der Waals surface area contributed by atoms with E-state index in [-0.39, 0.29) is 11.3 Å².